The Morgan fingerprint density at radius 3 is 2.83 bits per heavy atom. The molecule has 4 heterocycles. The van der Waals surface area contributed by atoms with Gasteiger partial charge in [-0.15, -0.1) is 0 Å². The number of carbonyl (C=O) groups is 1. The minimum absolute atomic E-state index is 0.162. The van der Waals surface area contributed by atoms with Crippen molar-refractivity contribution < 1.29 is 9.53 Å². The summed E-state index contributed by atoms with van der Waals surface area (Å²) in [7, 11) is 0. The molecule has 0 aliphatic carbocycles. The Bertz CT molecular complexity index is 733. The number of aromatic nitrogens is 2. The maximum Gasteiger partial charge on any atom is 0.251 e. The van der Waals surface area contributed by atoms with Gasteiger partial charge in [-0.25, -0.2) is 4.98 Å². The summed E-state index contributed by atoms with van der Waals surface area (Å²) in [6, 6.07) is 3.77. The Morgan fingerprint density at radius 1 is 1.25 bits per heavy atom. The standard InChI is InChI=1S/C17H21ClN4O2/c18-13-3-4-16-19-14(12-22(16)10-13)11-20-5-7-21(8-6-20)17(23)15-2-1-9-24-15/h3-4,10,12,15H,1-2,5-9,11H2/t15-/m0/s1. The fourth-order valence-electron chi connectivity index (χ4n) is 3.42. The van der Waals surface area contributed by atoms with Crippen LogP contribution in [-0.2, 0) is 16.1 Å². The van der Waals surface area contributed by atoms with Crippen LogP contribution >= 0.6 is 11.6 Å². The van der Waals surface area contributed by atoms with Gasteiger partial charge < -0.3 is 14.0 Å². The van der Waals surface area contributed by atoms with E-state index < -0.39 is 0 Å². The number of amides is 1. The van der Waals surface area contributed by atoms with E-state index in [0.29, 0.717) is 11.6 Å². The van der Waals surface area contributed by atoms with Crippen LogP contribution in [0.3, 0.4) is 0 Å². The molecule has 0 spiro atoms. The van der Waals surface area contributed by atoms with Crippen molar-refractivity contribution in [2.45, 2.75) is 25.5 Å². The second kappa shape index (κ2) is 6.70. The molecule has 0 unspecified atom stereocenters. The minimum Gasteiger partial charge on any atom is -0.368 e. The Kier molecular flexibility index (Phi) is 4.43. The minimum atomic E-state index is -0.209. The smallest absolute Gasteiger partial charge is 0.251 e. The average Bonchev–Trinajstić information content (AvgIpc) is 3.23. The van der Waals surface area contributed by atoms with E-state index >= 15 is 0 Å². The van der Waals surface area contributed by atoms with Crippen molar-refractivity contribution in [3.63, 3.8) is 0 Å². The summed E-state index contributed by atoms with van der Waals surface area (Å²) in [5, 5.41) is 0.702. The molecule has 6 nitrogen and oxygen atoms in total. The molecule has 24 heavy (non-hydrogen) atoms. The largest absolute Gasteiger partial charge is 0.368 e. The molecule has 0 saturated carbocycles. The fourth-order valence-corrected chi connectivity index (χ4v) is 3.59. The van der Waals surface area contributed by atoms with Crippen molar-refractivity contribution in [2.75, 3.05) is 32.8 Å². The Labute approximate surface area is 146 Å². The van der Waals surface area contributed by atoms with Crippen molar-refractivity contribution in [2.24, 2.45) is 0 Å². The number of piperazine rings is 1. The zero-order valence-corrected chi connectivity index (χ0v) is 14.3. The van der Waals surface area contributed by atoms with Gasteiger partial charge in [0.25, 0.3) is 5.91 Å². The van der Waals surface area contributed by atoms with Gasteiger partial charge in [0.05, 0.1) is 10.7 Å². The fraction of sp³-hybridized carbons (Fsp3) is 0.529. The van der Waals surface area contributed by atoms with E-state index in [1.807, 2.05) is 33.8 Å². The van der Waals surface area contributed by atoms with Crippen molar-refractivity contribution in [3.05, 3.63) is 35.2 Å². The third-order valence-electron chi connectivity index (χ3n) is 4.74. The zero-order chi connectivity index (χ0) is 16.5. The predicted molar refractivity (Wildman–Crippen MR) is 91.0 cm³/mol. The van der Waals surface area contributed by atoms with E-state index in [0.717, 1.165) is 56.9 Å². The number of hydrogen-bond acceptors (Lipinski definition) is 4. The van der Waals surface area contributed by atoms with Crippen LogP contribution in [0.4, 0.5) is 0 Å². The third kappa shape index (κ3) is 3.27. The third-order valence-corrected chi connectivity index (χ3v) is 4.96. The summed E-state index contributed by atoms with van der Waals surface area (Å²) in [4.78, 5) is 21.3. The van der Waals surface area contributed by atoms with Crippen LogP contribution in [0, 0.1) is 0 Å². The number of hydrogen-bond donors (Lipinski definition) is 0. The molecule has 7 heteroatoms. The highest BCUT2D eigenvalue weighted by molar-refractivity contribution is 6.30. The van der Waals surface area contributed by atoms with Crippen LogP contribution in [0.25, 0.3) is 5.65 Å². The molecule has 4 rings (SSSR count). The number of rotatable bonds is 3. The lowest BCUT2D eigenvalue weighted by Gasteiger charge is -2.35. The molecule has 2 aliphatic rings. The monoisotopic (exact) mass is 348 g/mol. The topological polar surface area (TPSA) is 50.1 Å². The molecule has 2 aromatic rings. The molecule has 2 fully saturated rings. The van der Waals surface area contributed by atoms with Crippen molar-refractivity contribution in [1.82, 2.24) is 19.2 Å². The van der Waals surface area contributed by atoms with E-state index in [2.05, 4.69) is 9.88 Å². The number of carbonyl (C=O) groups excluding carboxylic acids is 1. The molecule has 128 valence electrons. The molecule has 2 aliphatic heterocycles. The van der Waals surface area contributed by atoms with E-state index in [-0.39, 0.29) is 12.0 Å². The van der Waals surface area contributed by atoms with Crippen molar-refractivity contribution >= 4 is 23.2 Å². The summed E-state index contributed by atoms with van der Waals surface area (Å²) in [5.41, 5.74) is 1.93. The lowest BCUT2D eigenvalue weighted by atomic mass is 10.2. The van der Waals surface area contributed by atoms with Gasteiger partial charge >= 0.3 is 0 Å². The summed E-state index contributed by atoms with van der Waals surface area (Å²) >= 11 is 6.01. The van der Waals surface area contributed by atoms with Gasteiger partial charge in [0.2, 0.25) is 0 Å². The van der Waals surface area contributed by atoms with Gasteiger partial charge in [0.1, 0.15) is 11.8 Å². The Morgan fingerprint density at radius 2 is 2.08 bits per heavy atom. The number of ether oxygens (including phenoxy) is 1. The quantitative estimate of drug-likeness (QED) is 0.849. The highest BCUT2D eigenvalue weighted by Gasteiger charge is 2.30. The van der Waals surface area contributed by atoms with Gasteiger partial charge in [-0.1, -0.05) is 11.6 Å². The zero-order valence-electron chi connectivity index (χ0n) is 13.5. The predicted octanol–water partition coefficient (Wildman–Crippen LogP) is 1.81. The number of fused-ring (bicyclic) bond motifs is 1. The van der Waals surface area contributed by atoms with Gasteiger partial charge in [0, 0.05) is 51.7 Å². The Balaban J connectivity index is 1.34. The second-order valence-corrected chi connectivity index (χ2v) is 6.88. The van der Waals surface area contributed by atoms with Crippen LogP contribution in [0.5, 0.6) is 0 Å². The Hall–Kier alpha value is -1.63. The first-order valence-electron chi connectivity index (χ1n) is 8.45. The van der Waals surface area contributed by atoms with Crippen LogP contribution in [0.1, 0.15) is 18.5 Å². The molecule has 1 atom stereocenters. The van der Waals surface area contributed by atoms with Crippen molar-refractivity contribution in [3.8, 4) is 0 Å². The molecule has 0 N–H and O–H groups in total. The van der Waals surface area contributed by atoms with E-state index in [9.17, 15) is 4.79 Å². The summed E-state index contributed by atoms with van der Waals surface area (Å²) < 4.78 is 7.46. The summed E-state index contributed by atoms with van der Waals surface area (Å²) in [6.45, 7) is 4.77. The first kappa shape index (κ1) is 15.9. The molecule has 1 amide bonds. The SMILES string of the molecule is O=C([C@@H]1CCCO1)N1CCN(Cc2cn3cc(Cl)ccc3n2)CC1. The van der Waals surface area contributed by atoms with Crippen LogP contribution in [-0.4, -0.2) is 64.0 Å². The van der Waals surface area contributed by atoms with E-state index in [1.165, 1.54) is 0 Å². The first-order valence-corrected chi connectivity index (χ1v) is 8.83. The second-order valence-electron chi connectivity index (χ2n) is 6.45. The maximum atomic E-state index is 12.4. The summed E-state index contributed by atoms with van der Waals surface area (Å²) in [5.74, 6) is 0.162. The van der Waals surface area contributed by atoms with E-state index in [4.69, 9.17) is 16.3 Å². The van der Waals surface area contributed by atoms with E-state index in [1.54, 1.807) is 0 Å². The maximum absolute atomic E-state index is 12.4. The molecular formula is C17H21ClN4O2. The highest BCUT2D eigenvalue weighted by Crippen LogP contribution is 2.17. The van der Waals surface area contributed by atoms with Gasteiger partial charge in [-0.3, -0.25) is 9.69 Å². The highest BCUT2D eigenvalue weighted by atomic mass is 35.5. The van der Waals surface area contributed by atoms with Crippen LogP contribution in [0.15, 0.2) is 24.5 Å². The molecule has 0 radical (unpaired) electrons. The first-order chi connectivity index (χ1) is 11.7. The average molecular weight is 349 g/mol. The number of imidazole rings is 1. The number of nitrogens with zero attached hydrogens (tertiary/aromatic N) is 4. The molecule has 2 saturated heterocycles. The van der Waals surface area contributed by atoms with Gasteiger partial charge in [-0.2, -0.15) is 0 Å². The lowest BCUT2D eigenvalue weighted by molar-refractivity contribution is -0.142. The normalized spacial score (nSPS) is 22.4. The van der Waals surface area contributed by atoms with Crippen LogP contribution < -0.4 is 0 Å². The molecule has 2 aromatic heterocycles. The van der Waals surface area contributed by atoms with Gasteiger partial charge in [-0.05, 0) is 25.0 Å². The van der Waals surface area contributed by atoms with Crippen molar-refractivity contribution in [1.29, 1.82) is 0 Å². The lowest BCUT2D eigenvalue weighted by Crippen LogP contribution is -2.51. The molecule has 0 bridgehead atoms. The number of pyridine rings is 1. The molecular weight excluding hydrogens is 328 g/mol. The van der Waals surface area contributed by atoms with Gasteiger partial charge in [0.15, 0.2) is 0 Å². The molecule has 0 aromatic carbocycles. The number of halogens is 1. The summed E-state index contributed by atoms with van der Waals surface area (Å²) in [6.07, 6.45) is 5.54. The van der Waals surface area contributed by atoms with Crippen LogP contribution in [0.2, 0.25) is 5.02 Å².